The zero-order valence-electron chi connectivity index (χ0n) is 11.7. The van der Waals surface area contributed by atoms with Gasteiger partial charge >= 0.3 is 0 Å². The molecule has 21 heavy (non-hydrogen) atoms. The van der Waals surface area contributed by atoms with E-state index in [2.05, 4.69) is 30.6 Å². The smallest absolute Gasteiger partial charge is 0.241 e. The van der Waals surface area contributed by atoms with Crippen LogP contribution in [0.4, 0.5) is 5.95 Å². The van der Waals surface area contributed by atoms with E-state index in [1.165, 1.54) is 0 Å². The molecule has 0 unspecified atom stereocenters. The molecule has 0 radical (unpaired) electrons. The zero-order valence-corrected chi connectivity index (χ0v) is 12.5. The highest BCUT2D eigenvalue weighted by Crippen LogP contribution is 2.09. The number of imidazole rings is 1. The molecule has 0 aliphatic heterocycles. The number of halogens is 1. The van der Waals surface area contributed by atoms with Crippen molar-refractivity contribution in [1.29, 1.82) is 0 Å². The van der Waals surface area contributed by atoms with E-state index in [9.17, 15) is 4.79 Å². The van der Waals surface area contributed by atoms with Gasteiger partial charge in [-0.1, -0.05) is 0 Å². The number of nitrogens with one attached hydrogen (secondary N) is 2. The third-order valence-corrected chi connectivity index (χ3v) is 2.59. The second-order valence-electron chi connectivity index (χ2n) is 4.60. The molecule has 0 aromatic carbocycles. The summed E-state index contributed by atoms with van der Waals surface area (Å²) in [6.45, 7) is 4.23. The van der Waals surface area contributed by atoms with Crippen molar-refractivity contribution < 1.29 is 4.79 Å². The van der Waals surface area contributed by atoms with Gasteiger partial charge in [0.15, 0.2) is 0 Å². The summed E-state index contributed by atoms with van der Waals surface area (Å²) >= 11 is 5.86. The Balaban J connectivity index is 1.96. The standard InChI is InChI=1S/C12H16ClN7O/c1-8(2)16-9(21)3-4-15-11-17-10(13)18-12(19-11)20-6-5-14-7-20/h5-8H,3-4H2,1-2H3,(H,16,21)(H,15,17,18,19). The molecule has 0 bridgehead atoms. The summed E-state index contributed by atoms with van der Waals surface area (Å²) < 4.78 is 1.62. The third kappa shape index (κ3) is 4.67. The number of aromatic nitrogens is 5. The number of amides is 1. The topological polar surface area (TPSA) is 97.6 Å². The Morgan fingerprint density at radius 3 is 2.86 bits per heavy atom. The molecule has 8 nitrogen and oxygen atoms in total. The summed E-state index contributed by atoms with van der Waals surface area (Å²) in [7, 11) is 0. The normalized spacial score (nSPS) is 10.7. The van der Waals surface area contributed by atoms with Crippen LogP contribution in [0.15, 0.2) is 18.7 Å². The predicted molar refractivity (Wildman–Crippen MR) is 78.3 cm³/mol. The van der Waals surface area contributed by atoms with E-state index in [1.54, 1.807) is 23.3 Å². The van der Waals surface area contributed by atoms with Crippen molar-refractivity contribution in [2.45, 2.75) is 26.3 Å². The van der Waals surface area contributed by atoms with Crippen molar-refractivity contribution in [3.05, 3.63) is 24.0 Å². The maximum atomic E-state index is 11.5. The van der Waals surface area contributed by atoms with Gasteiger partial charge in [0.05, 0.1) is 0 Å². The van der Waals surface area contributed by atoms with Gasteiger partial charge in [0, 0.05) is 31.4 Å². The highest BCUT2D eigenvalue weighted by atomic mass is 35.5. The molecule has 0 saturated carbocycles. The van der Waals surface area contributed by atoms with Crippen LogP contribution in [0.1, 0.15) is 20.3 Å². The van der Waals surface area contributed by atoms with Gasteiger partial charge in [-0.3, -0.25) is 9.36 Å². The van der Waals surface area contributed by atoms with Crippen LogP contribution in [0, 0.1) is 0 Å². The molecule has 0 fully saturated rings. The largest absolute Gasteiger partial charge is 0.354 e. The van der Waals surface area contributed by atoms with Crippen LogP contribution < -0.4 is 10.6 Å². The first kappa shape index (κ1) is 15.2. The first-order chi connectivity index (χ1) is 10.0. The number of hydrogen-bond acceptors (Lipinski definition) is 6. The van der Waals surface area contributed by atoms with Crippen molar-refractivity contribution in [2.24, 2.45) is 0 Å². The van der Waals surface area contributed by atoms with Crippen LogP contribution in [0.3, 0.4) is 0 Å². The van der Waals surface area contributed by atoms with Gasteiger partial charge in [-0.15, -0.1) is 0 Å². The predicted octanol–water partition coefficient (Wildman–Crippen LogP) is 1.04. The minimum Gasteiger partial charge on any atom is -0.354 e. The van der Waals surface area contributed by atoms with E-state index in [0.717, 1.165) is 0 Å². The van der Waals surface area contributed by atoms with Gasteiger partial charge in [0.1, 0.15) is 6.33 Å². The van der Waals surface area contributed by atoms with Gasteiger partial charge in [0.25, 0.3) is 0 Å². The molecule has 1 amide bonds. The fourth-order valence-electron chi connectivity index (χ4n) is 1.59. The lowest BCUT2D eigenvalue weighted by Crippen LogP contribution is -2.31. The summed E-state index contributed by atoms with van der Waals surface area (Å²) in [5.74, 6) is 0.644. The second-order valence-corrected chi connectivity index (χ2v) is 4.94. The Hall–Kier alpha value is -2.22. The summed E-state index contributed by atoms with van der Waals surface area (Å²) in [5, 5.41) is 5.83. The number of carbonyl (C=O) groups is 1. The highest BCUT2D eigenvalue weighted by Gasteiger charge is 2.07. The summed E-state index contributed by atoms with van der Waals surface area (Å²) in [6, 6.07) is 0.122. The Bertz CT molecular complexity index is 600. The molecule has 2 aromatic rings. The highest BCUT2D eigenvalue weighted by molar-refractivity contribution is 6.28. The van der Waals surface area contributed by atoms with Crippen LogP contribution in [0.2, 0.25) is 5.28 Å². The SMILES string of the molecule is CC(C)NC(=O)CCNc1nc(Cl)nc(-n2ccnc2)n1. The van der Waals surface area contributed by atoms with Crippen molar-refractivity contribution in [3.8, 4) is 5.95 Å². The summed E-state index contributed by atoms with van der Waals surface area (Å²) in [4.78, 5) is 27.6. The van der Waals surface area contributed by atoms with Crippen LogP contribution in [-0.4, -0.2) is 43.0 Å². The quantitative estimate of drug-likeness (QED) is 0.827. The van der Waals surface area contributed by atoms with E-state index in [4.69, 9.17) is 11.6 Å². The number of nitrogens with zero attached hydrogens (tertiary/aromatic N) is 5. The molecule has 9 heteroatoms. The van der Waals surface area contributed by atoms with Crippen LogP contribution in [0.25, 0.3) is 5.95 Å². The summed E-state index contributed by atoms with van der Waals surface area (Å²) in [5.41, 5.74) is 0. The maximum absolute atomic E-state index is 11.5. The Kier molecular flexibility index (Phi) is 5.04. The number of hydrogen-bond donors (Lipinski definition) is 2. The molecule has 2 rings (SSSR count). The fraction of sp³-hybridized carbons (Fsp3) is 0.417. The molecule has 2 N–H and O–H groups in total. The molecule has 2 heterocycles. The molecule has 2 aromatic heterocycles. The Morgan fingerprint density at radius 1 is 1.38 bits per heavy atom. The third-order valence-electron chi connectivity index (χ3n) is 2.42. The van der Waals surface area contributed by atoms with Crippen LogP contribution in [0.5, 0.6) is 0 Å². The van der Waals surface area contributed by atoms with Crippen molar-refractivity contribution in [3.63, 3.8) is 0 Å². The van der Waals surface area contributed by atoms with Crippen molar-refractivity contribution in [2.75, 3.05) is 11.9 Å². The Labute approximate surface area is 127 Å². The van der Waals surface area contributed by atoms with Crippen LogP contribution in [-0.2, 0) is 4.79 Å². The van der Waals surface area contributed by atoms with E-state index < -0.39 is 0 Å². The second kappa shape index (κ2) is 6.98. The minimum atomic E-state index is -0.0347. The lowest BCUT2D eigenvalue weighted by Gasteiger charge is -2.09. The molecule has 0 aliphatic carbocycles. The summed E-state index contributed by atoms with van der Waals surface area (Å²) in [6.07, 6.45) is 5.19. The van der Waals surface area contributed by atoms with Gasteiger partial charge in [0.2, 0.25) is 23.1 Å². The molecule has 0 spiro atoms. The van der Waals surface area contributed by atoms with Gasteiger partial charge in [-0.25, -0.2) is 4.98 Å². The van der Waals surface area contributed by atoms with E-state index in [0.29, 0.717) is 24.9 Å². The maximum Gasteiger partial charge on any atom is 0.241 e. The van der Waals surface area contributed by atoms with Crippen LogP contribution >= 0.6 is 11.6 Å². The average Bonchev–Trinajstić information content (AvgIpc) is 2.91. The molecular formula is C12H16ClN7O. The van der Waals surface area contributed by atoms with E-state index in [1.807, 2.05) is 13.8 Å². The lowest BCUT2D eigenvalue weighted by molar-refractivity contribution is -0.121. The van der Waals surface area contributed by atoms with Crippen molar-refractivity contribution >= 4 is 23.5 Å². The molecule has 0 aliphatic rings. The molecular weight excluding hydrogens is 294 g/mol. The van der Waals surface area contributed by atoms with Crippen molar-refractivity contribution in [1.82, 2.24) is 29.8 Å². The number of carbonyl (C=O) groups excluding carboxylic acids is 1. The zero-order chi connectivity index (χ0) is 15.2. The molecule has 0 atom stereocenters. The number of rotatable bonds is 6. The Morgan fingerprint density at radius 2 is 2.19 bits per heavy atom. The van der Waals surface area contributed by atoms with Gasteiger partial charge in [-0.2, -0.15) is 15.0 Å². The fourth-order valence-corrected chi connectivity index (χ4v) is 1.75. The lowest BCUT2D eigenvalue weighted by atomic mass is 10.3. The molecule has 112 valence electrons. The van der Waals surface area contributed by atoms with E-state index >= 15 is 0 Å². The van der Waals surface area contributed by atoms with Gasteiger partial charge < -0.3 is 10.6 Å². The van der Waals surface area contributed by atoms with E-state index in [-0.39, 0.29) is 17.2 Å². The van der Waals surface area contributed by atoms with Gasteiger partial charge in [-0.05, 0) is 25.4 Å². The average molecular weight is 310 g/mol. The number of anilines is 1. The monoisotopic (exact) mass is 309 g/mol. The minimum absolute atomic E-state index is 0.0347. The first-order valence-electron chi connectivity index (χ1n) is 6.47. The first-order valence-corrected chi connectivity index (χ1v) is 6.85. The molecule has 0 saturated heterocycles.